The van der Waals surface area contributed by atoms with Crippen LogP contribution in [0.3, 0.4) is 0 Å². The van der Waals surface area contributed by atoms with Gasteiger partial charge >= 0.3 is 0 Å². The predicted octanol–water partition coefficient (Wildman–Crippen LogP) is 1.94. The van der Waals surface area contributed by atoms with Crippen LogP contribution >= 0.6 is 0 Å². The quantitative estimate of drug-likeness (QED) is 0.780. The van der Waals surface area contributed by atoms with Gasteiger partial charge in [-0.2, -0.15) is 0 Å². The number of carbonyl (C=O) groups excluding carboxylic acids is 2. The minimum Gasteiger partial charge on any atom is -0.309 e. The van der Waals surface area contributed by atoms with E-state index in [0.29, 0.717) is 31.8 Å². The molecule has 0 aromatic carbocycles. The molecule has 1 heterocycles. The van der Waals surface area contributed by atoms with Gasteiger partial charge in [0.25, 0.3) is 0 Å². The first-order valence-corrected chi connectivity index (χ1v) is 6.81. The summed E-state index contributed by atoms with van der Waals surface area (Å²) in [5.74, 6) is -0.0443. The number of hydrogen-bond donors (Lipinski definition) is 1. The molecule has 1 aliphatic rings. The number of hydrogen-bond acceptors (Lipinski definition) is 3. The third kappa shape index (κ3) is 4.09. The maximum absolute atomic E-state index is 11.8. The lowest BCUT2D eigenvalue weighted by atomic mass is 9.85. The molecule has 0 unspecified atom stereocenters. The summed E-state index contributed by atoms with van der Waals surface area (Å²) in [5.41, 5.74) is 0.0161. The highest BCUT2D eigenvalue weighted by molar-refractivity contribution is 5.97. The molecular formula is C14H26N2O2. The van der Waals surface area contributed by atoms with Crippen molar-refractivity contribution >= 4 is 11.8 Å². The highest BCUT2D eigenvalue weighted by Gasteiger charge is 2.33. The van der Waals surface area contributed by atoms with Crippen molar-refractivity contribution in [1.82, 2.24) is 10.2 Å². The van der Waals surface area contributed by atoms with Gasteiger partial charge in [-0.05, 0) is 11.8 Å². The van der Waals surface area contributed by atoms with E-state index in [0.717, 1.165) is 0 Å². The Hall–Kier alpha value is -0.900. The Kier molecular flexibility index (Phi) is 4.91. The third-order valence-corrected chi connectivity index (χ3v) is 3.33. The second kappa shape index (κ2) is 5.83. The van der Waals surface area contributed by atoms with E-state index in [1.165, 1.54) is 4.90 Å². The molecule has 1 rings (SSSR count). The highest BCUT2D eigenvalue weighted by atomic mass is 16.2. The Labute approximate surface area is 110 Å². The average molecular weight is 254 g/mol. The van der Waals surface area contributed by atoms with Crippen LogP contribution in [0.5, 0.6) is 0 Å². The fourth-order valence-corrected chi connectivity index (χ4v) is 2.16. The molecule has 0 radical (unpaired) electrons. The van der Waals surface area contributed by atoms with Gasteiger partial charge in [0.1, 0.15) is 0 Å². The maximum atomic E-state index is 11.8. The average Bonchev–Trinajstić information content (AvgIpc) is 2.20. The van der Waals surface area contributed by atoms with Gasteiger partial charge in [-0.25, -0.2) is 0 Å². The van der Waals surface area contributed by atoms with E-state index in [2.05, 4.69) is 39.9 Å². The molecule has 0 aromatic heterocycles. The molecular weight excluding hydrogens is 228 g/mol. The predicted molar refractivity (Wildman–Crippen MR) is 72.1 cm³/mol. The largest absolute Gasteiger partial charge is 0.309 e. The first kappa shape index (κ1) is 15.2. The summed E-state index contributed by atoms with van der Waals surface area (Å²) in [6.45, 7) is 11.0. The van der Waals surface area contributed by atoms with Gasteiger partial charge in [-0.3, -0.25) is 14.5 Å². The topological polar surface area (TPSA) is 49.4 Å². The number of likely N-dealkylation sites (tertiary alicyclic amines) is 1. The van der Waals surface area contributed by atoms with E-state index in [9.17, 15) is 9.59 Å². The fourth-order valence-electron chi connectivity index (χ4n) is 2.16. The van der Waals surface area contributed by atoms with Crippen LogP contribution < -0.4 is 5.32 Å². The third-order valence-electron chi connectivity index (χ3n) is 3.33. The van der Waals surface area contributed by atoms with Crippen LogP contribution in [-0.4, -0.2) is 35.3 Å². The van der Waals surface area contributed by atoms with Crippen molar-refractivity contribution in [3.05, 3.63) is 0 Å². The number of nitrogens with zero attached hydrogens (tertiary/aromatic N) is 1. The molecule has 4 nitrogen and oxygen atoms in total. The van der Waals surface area contributed by atoms with Crippen molar-refractivity contribution in [2.45, 2.75) is 66.0 Å². The Morgan fingerprint density at radius 3 is 2.06 bits per heavy atom. The molecule has 1 fully saturated rings. The molecule has 18 heavy (non-hydrogen) atoms. The molecule has 2 amide bonds. The second-order valence-corrected chi connectivity index (χ2v) is 6.49. The molecule has 1 N–H and O–H groups in total. The van der Waals surface area contributed by atoms with Crippen LogP contribution in [0.1, 0.15) is 53.9 Å². The molecule has 0 aliphatic carbocycles. The lowest BCUT2D eigenvalue weighted by Crippen LogP contribution is -2.54. The second-order valence-electron chi connectivity index (χ2n) is 6.49. The van der Waals surface area contributed by atoms with Crippen molar-refractivity contribution in [1.29, 1.82) is 0 Å². The normalized spacial score (nSPS) is 19.6. The molecule has 1 atom stereocenters. The summed E-state index contributed by atoms with van der Waals surface area (Å²) in [5, 5.41) is 3.46. The molecule has 0 bridgehead atoms. The molecule has 1 saturated heterocycles. The number of nitrogens with one attached hydrogen (secondary N) is 1. The molecule has 4 heteroatoms. The van der Waals surface area contributed by atoms with Gasteiger partial charge in [0.2, 0.25) is 11.8 Å². The summed E-state index contributed by atoms with van der Waals surface area (Å²) >= 11 is 0. The van der Waals surface area contributed by atoms with E-state index in [-0.39, 0.29) is 23.3 Å². The number of rotatable bonds is 4. The SMILES string of the molecule is CC(C)N[C@H](CN1C(=O)CCCC1=O)C(C)(C)C. The first-order valence-electron chi connectivity index (χ1n) is 6.81. The standard InChI is InChI=1S/C14H26N2O2/c1-10(2)15-11(14(3,4)5)9-16-12(17)7-6-8-13(16)18/h10-11,15H,6-9H2,1-5H3/t11-/m1/s1. The van der Waals surface area contributed by atoms with Gasteiger partial charge in [0.05, 0.1) is 0 Å². The van der Waals surface area contributed by atoms with Crippen LogP contribution in [-0.2, 0) is 9.59 Å². The van der Waals surface area contributed by atoms with Crippen molar-refractivity contribution in [3.8, 4) is 0 Å². The molecule has 0 aromatic rings. The zero-order valence-electron chi connectivity index (χ0n) is 12.2. The van der Waals surface area contributed by atoms with Gasteiger partial charge in [0.15, 0.2) is 0 Å². The minimum atomic E-state index is -0.0222. The van der Waals surface area contributed by atoms with E-state index < -0.39 is 0 Å². The van der Waals surface area contributed by atoms with Crippen LogP contribution in [0.25, 0.3) is 0 Å². The van der Waals surface area contributed by atoms with Gasteiger partial charge in [-0.15, -0.1) is 0 Å². The van der Waals surface area contributed by atoms with Crippen LogP contribution in [0, 0.1) is 5.41 Å². The van der Waals surface area contributed by atoms with Gasteiger partial charge < -0.3 is 5.32 Å². The number of amides is 2. The summed E-state index contributed by atoms with van der Waals surface area (Å²) in [4.78, 5) is 25.1. The Bertz CT molecular complexity index is 302. The summed E-state index contributed by atoms with van der Waals surface area (Å²) < 4.78 is 0. The monoisotopic (exact) mass is 254 g/mol. The van der Waals surface area contributed by atoms with Crippen LogP contribution in [0.15, 0.2) is 0 Å². The molecule has 0 spiro atoms. The Morgan fingerprint density at radius 1 is 1.17 bits per heavy atom. The summed E-state index contributed by atoms with van der Waals surface area (Å²) in [6, 6.07) is 0.465. The van der Waals surface area contributed by atoms with Crippen molar-refractivity contribution in [2.24, 2.45) is 5.41 Å². The van der Waals surface area contributed by atoms with E-state index in [1.54, 1.807) is 0 Å². The van der Waals surface area contributed by atoms with Crippen LogP contribution in [0.2, 0.25) is 0 Å². The van der Waals surface area contributed by atoms with E-state index >= 15 is 0 Å². The van der Waals surface area contributed by atoms with E-state index in [1.807, 2.05) is 0 Å². The number of imide groups is 1. The molecule has 0 saturated carbocycles. The Balaban J connectivity index is 2.75. The number of piperidine rings is 1. The van der Waals surface area contributed by atoms with Crippen LogP contribution in [0.4, 0.5) is 0 Å². The Morgan fingerprint density at radius 2 is 1.67 bits per heavy atom. The molecule has 104 valence electrons. The van der Waals surface area contributed by atoms with Gasteiger partial charge in [0, 0.05) is 31.5 Å². The van der Waals surface area contributed by atoms with Gasteiger partial charge in [-0.1, -0.05) is 34.6 Å². The van der Waals surface area contributed by atoms with Crippen molar-refractivity contribution in [3.63, 3.8) is 0 Å². The highest BCUT2D eigenvalue weighted by Crippen LogP contribution is 2.23. The smallest absolute Gasteiger partial charge is 0.229 e. The van der Waals surface area contributed by atoms with E-state index in [4.69, 9.17) is 0 Å². The van der Waals surface area contributed by atoms with Crippen molar-refractivity contribution in [2.75, 3.05) is 6.54 Å². The number of carbonyl (C=O) groups is 2. The zero-order chi connectivity index (χ0) is 13.9. The van der Waals surface area contributed by atoms with Crippen molar-refractivity contribution < 1.29 is 9.59 Å². The first-order chi connectivity index (χ1) is 8.21. The fraction of sp³-hybridized carbons (Fsp3) is 0.857. The summed E-state index contributed by atoms with van der Waals surface area (Å²) in [6.07, 6.45) is 1.71. The molecule has 1 aliphatic heterocycles. The summed E-state index contributed by atoms with van der Waals surface area (Å²) in [7, 11) is 0. The lowest BCUT2D eigenvalue weighted by molar-refractivity contribution is -0.148. The minimum absolute atomic E-state index is 0.0161. The lowest BCUT2D eigenvalue weighted by Gasteiger charge is -2.37. The zero-order valence-corrected chi connectivity index (χ0v) is 12.2. The maximum Gasteiger partial charge on any atom is 0.229 e.